The summed E-state index contributed by atoms with van der Waals surface area (Å²) in [6.07, 6.45) is 0. The summed E-state index contributed by atoms with van der Waals surface area (Å²) in [7, 11) is -2.72. The molecule has 0 radical (unpaired) electrons. The van der Waals surface area contributed by atoms with E-state index in [-0.39, 0.29) is 0 Å². The molecule has 0 atom stereocenters. The molecule has 274 valence electrons. The van der Waals surface area contributed by atoms with E-state index in [1.165, 1.54) is 37.0 Å². The highest BCUT2D eigenvalue weighted by Gasteiger charge is 2.41. The second kappa shape index (κ2) is 14.0. The highest BCUT2D eigenvalue weighted by Crippen LogP contribution is 2.45. The predicted molar refractivity (Wildman–Crippen MR) is 246 cm³/mol. The summed E-state index contributed by atoms with van der Waals surface area (Å²) < 4.78 is 8.73. The minimum absolute atomic E-state index is 0.878. The third-order valence-corrected chi connectivity index (χ3v) is 16.5. The van der Waals surface area contributed by atoms with E-state index < -0.39 is 8.07 Å². The van der Waals surface area contributed by atoms with Crippen LogP contribution in [-0.4, -0.2) is 12.6 Å². The predicted octanol–water partition coefficient (Wildman–Crippen LogP) is 11.5. The van der Waals surface area contributed by atoms with E-state index in [0.29, 0.717) is 0 Å². The van der Waals surface area contributed by atoms with Crippen LogP contribution in [0.3, 0.4) is 0 Å². The van der Waals surface area contributed by atoms with Gasteiger partial charge in [-0.25, -0.2) is 0 Å². The van der Waals surface area contributed by atoms with Gasteiger partial charge in [0.15, 0.2) is 8.07 Å². The molecule has 3 nitrogen and oxygen atoms in total. The molecule has 11 rings (SSSR count). The molecule has 0 spiro atoms. The first-order chi connectivity index (χ1) is 28.8. The molecule has 0 aliphatic heterocycles. The highest BCUT2D eigenvalue weighted by molar-refractivity contribution is 7.19. The lowest BCUT2D eigenvalue weighted by atomic mass is 10.1. The lowest BCUT2D eigenvalue weighted by molar-refractivity contribution is 0.669. The number of hydrogen-bond acceptors (Lipinski definition) is 2. The Morgan fingerprint density at radius 3 is 1.52 bits per heavy atom. The molecular formula is C54H38N2OSi. The van der Waals surface area contributed by atoms with Crippen LogP contribution in [0, 0.1) is 0 Å². The Morgan fingerprint density at radius 2 is 0.862 bits per heavy atom. The molecule has 0 saturated heterocycles. The van der Waals surface area contributed by atoms with Gasteiger partial charge in [-0.1, -0.05) is 164 Å². The molecular weight excluding hydrogens is 721 g/mol. The fraction of sp³-hybridized carbons (Fsp3) is 0. The molecule has 4 heteroatoms. The molecule has 0 saturated carbocycles. The second-order valence-electron chi connectivity index (χ2n) is 14.9. The van der Waals surface area contributed by atoms with Gasteiger partial charge in [-0.3, -0.25) is 0 Å². The number of aromatic nitrogens is 1. The van der Waals surface area contributed by atoms with E-state index >= 15 is 0 Å². The third kappa shape index (κ3) is 5.34. The van der Waals surface area contributed by atoms with Crippen molar-refractivity contribution in [3.8, 4) is 5.69 Å². The number of fused-ring (bicyclic) bond motifs is 6. The number of furan rings is 1. The Bertz CT molecular complexity index is 3110. The molecule has 2 aromatic heterocycles. The number of para-hydroxylation sites is 3. The van der Waals surface area contributed by atoms with E-state index in [2.05, 4.69) is 228 Å². The Morgan fingerprint density at radius 1 is 0.362 bits per heavy atom. The summed E-state index contributed by atoms with van der Waals surface area (Å²) in [5.41, 5.74) is 8.49. The van der Waals surface area contributed by atoms with Crippen molar-refractivity contribution in [2.75, 3.05) is 4.90 Å². The number of anilines is 3. The first-order valence-corrected chi connectivity index (χ1v) is 21.9. The van der Waals surface area contributed by atoms with Crippen molar-refractivity contribution in [2.24, 2.45) is 0 Å². The minimum Gasteiger partial charge on any atom is -0.456 e. The van der Waals surface area contributed by atoms with Gasteiger partial charge in [0.2, 0.25) is 0 Å². The summed E-state index contributed by atoms with van der Waals surface area (Å²) in [6, 6.07) is 83.9. The van der Waals surface area contributed by atoms with Crippen LogP contribution >= 0.6 is 0 Å². The van der Waals surface area contributed by atoms with E-state index in [1.54, 1.807) is 0 Å². The first kappa shape index (κ1) is 33.9. The monoisotopic (exact) mass is 758 g/mol. The van der Waals surface area contributed by atoms with Gasteiger partial charge in [-0.2, -0.15) is 0 Å². The summed E-state index contributed by atoms with van der Waals surface area (Å²) in [6.45, 7) is 0. The average Bonchev–Trinajstić information content (AvgIpc) is 3.85. The number of nitrogens with zero attached hydrogens (tertiary/aromatic N) is 2. The maximum Gasteiger partial charge on any atom is 0.179 e. The number of hydrogen-bond donors (Lipinski definition) is 0. The molecule has 0 amide bonds. The Kier molecular flexibility index (Phi) is 8.16. The number of rotatable bonds is 8. The summed E-state index contributed by atoms with van der Waals surface area (Å²) in [5, 5.41) is 10.0. The Hall–Kier alpha value is -7.40. The van der Waals surface area contributed by atoms with Gasteiger partial charge in [0.25, 0.3) is 0 Å². The summed E-state index contributed by atoms with van der Waals surface area (Å²) in [4.78, 5) is 2.44. The van der Waals surface area contributed by atoms with Crippen molar-refractivity contribution in [3.05, 3.63) is 231 Å². The van der Waals surface area contributed by atoms with Crippen LogP contribution < -0.4 is 25.6 Å². The van der Waals surface area contributed by atoms with Gasteiger partial charge in [0.1, 0.15) is 11.2 Å². The largest absolute Gasteiger partial charge is 0.456 e. The van der Waals surface area contributed by atoms with Crippen molar-refractivity contribution in [3.63, 3.8) is 0 Å². The van der Waals surface area contributed by atoms with Crippen molar-refractivity contribution < 1.29 is 4.42 Å². The topological polar surface area (TPSA) is 21.3 Å². The molecule has 0 aliphatic carbocycles. The second-order valence-corrected chi connectivity index (χ2v) is 18.7. The average molecular weight is 759 g/mol. The van der Waals surface area contributed by atoms with Gasteiger partial charge in [0, 0.05) is 38.6 Å². The van der Waals surface area contributed by atoms with Gasteiger partial charge < -0.3 is 13.9 Å². The molecule has 0 N–H and O–H groups in total. The highest BCUT2D eigenvalue weighted by atomic mass is 28.3. The molecule has 0 fully saturated rings. The molecule has 9 aromatic carbocycles. The minimum atomic E-state index is -2.72. The van der Waals surface area contributed by atoms with Gasteiger partial charge in [-0.15, -0.1) is 0 Å². The van der Waals surface area contributed by atoms with Crippen molar-refractivity contribution >= 4 is 89.6 Å². The first-order valence-electron chi connectivity index (χ1n) is 19.9. The van der Waals surface area contributed by atoms with Crippen LogP contribution in [0.1, 0.15) is 0 Å². The molecule has 0 bridgehead atoms. The maximum absolute atomic E-state index is 6.34. The molecule has 11 aromatic rings. The smallest absolute Gasteiger partial charge is 0.179 e. The van der Waals surface area contributed by atoms with Crippen LogP contribution in [0.25, 0.3) is 49.4 Å². The molecule has 0 unspecified atom stereocenters. The van der Waals surface area contributed by atoms with Crippen molar-refractivity contribution in [1.82, 2.24) is 4.57 Å². The fourth-order valence-electron chi connectivity index (χ4n) is 9.25. The molecule has 0 aliphatic rings. The standard InChI is InChI=1S/C54H38N2OSi/c1-5-18-39(19-6-1)56-49-28-15-13-27-47(49)54-50(29-17-30-51(54)56)55(41-34-37-53-48(38-41)46-26-14-16-31-52(46)57-53)40-32-35-45(36-33-40)58(42-20-7-2-8-21-42,43-22-9-3-10-23-43)44-24-11-4-12-25-44/h1-38H. The zero-order chi connectivity index (χ0) is 38.5. The lowest BCUT2D eigenvalue weighted by Crippen LogP contribution is -2.74. The Balaban J connectivity index is 1.18. The van der Waals surface area contributed by atoms with Crippen LogP contribution in [0.4, 0.5) is 17.1 Å². The van der Waals surface area contributed by atoms with Gasteiger partial charge in [-0.05, 0) is 87.5 Å². The zero-order valence-electron chi connectivity index (χ0n) is 31.7. The summed E-state index contributed by atoms with van der Waals surface area (Å²) >= 11 is 0. The van der Waals surface area contributed by atoms with E-state index in [0.717, 1.165) is 50.2 Å². The van der Waals surface area contributed by atoms with Gasteiger partial charge in [0.05, 0.1) is 16.7 Å². The van der Waals surface area contributed by atoms with Crippen LogP contribution in [0.2, 0.25) is 0 Å². The quantitative estimate of drug-likeness (QED) is 0.114. The molecule has 2 heterocycles. The zero-order valence-corrected chi connectivity index (χ0v) is 32.7. The lowest BCUT2D eigenvalue weighted by Gasteiger charge is -2.35. The van der Waals surface area contributed by atoms with Crippen molar-refractivity contribution in [1.29, 1.82) is 0 Å². The van der Waals surface area contributed by atoms with E-state index in [9.17, 15) is 0 Å². The van der Waals surface area contributed by atoms with Crippen LogP contribution in [-0.2, 0) is 0 Å². The van der Waals surface area contributed by atoms with Crippen LogP contribution in [0.5, 0.6) is 0 Å². The molecule has 58 heavy (non-hydrogen) atoms. The fourth-order valence-corrected chi connectivity index (χ4v) is 14.0. The maximum atomic E-state index is 6.34. The normalized spacial score (nSPS) is 11.8. The van der Waals surface area contributed by atoms with Gasteiger partial charge >= 0.3 is 0 Å². The number of benzene rings is 9. The summed E-state index contributed by atoms with van der Waals surface area (Å²) in [5.74, 6) is 0. The van der Waals surface area contributed by atoms with E-state index in [4.69, 9.17) is 4.42 Å². The SMILES string of the molecule is c1ccc(-n2c3ccccc3c3c(N(c4ccc([Si](c5ccccc5)(c5ccccc5)c5ccccc5)cc4)c4ccc5oc6ccccc6c5c4)cccc32)cc1. The van der Waals surface area contributed by atoms with E-state index in [1.807, 2.05) is 12.1 Å². The Labute approximate surface area is 338 Å². The van der Waals surface area contributed by atoms with Crippen LogP contribution in [0.15, 0.2) is 235 Å². The third-order valence-electron chi connectivity index (χ3n) is 11.7. The van der Waals surface area contributed by atoms with Crippen molar-refractivity contribution in [2.45, 2.75) is 0 Å².